The number of hydrogen-bond acceptors (Lipinski definition) is 3. The molecular weight excluding hydrogens is 350 g/mol. The van der Waals surface area contributed by atoms with Crippen LogP contribution >= 0.6 is 11.8 Å². The molecule has 2 fully saturated rings. The van der Waals surface area contributed by atoms with Gasteiger partial charge in [0.15, 0.2) is 0 Å². The molecule has 7 atom stereocenters. The topological polar surface area (TPSA) is 23.5 Å². The summed E-state index contributed by atoms with van der Waals surface area (Å²) in [4.78, 5) is 2.52. The largest absolute Gasteiger partial charge is 0.393 e. The summed E-state index contributed by atoms with van der Waals surface area (Å²) in [7, 11) is 0. The molecule has 5 rings (SSSR count). The van der Waals surface area contributed by atoms with E-state index < -0.39 is 0 Å². The Morgan fingerprint density at radius 2 is 2.00 bits per heavy atom. The first-order valence-electron chi connectivity index (χ1n) is 11.1. The van der Waals surface area contributed by atoms with E-state index in [2.05, 4.69) is 49.4 Å². The quantitative estimate of drug-likeness (QED) is 0.597. The third-order valence-electron chi connectivity index (χ3n) is 9.12. The molecule has 2 saturated carbocycles. The Morgan fingerprint density at radius 3 is 2.74 bits per heavy atom. The van der Waals surface area contributed by atoms with Crippen LogP contribution in [0.5, 0.6) is 0 Å². The summed E-state index contributed by atoms with van der Waals surface area (Å²) in [5, 5.41) is 12.6. The molecule has 27 heavy (non-hydrogen) atoms. The molecule has 0 saturated heterocycles. The molecule has 148 valence electrons. The highest BCUT2D eigenvalue weighted by atomic mass is 32.2. The Kier molecular flexibility index (Phi) is 4.37. The average molecular weight is 386 g/mol. The van der Waals surface area contributed by atoms with Gasteiger partial charge in [0.1, 0.15) is 0 Å². The van der Waals surface area contributed by atoms with Gasteiger partial charge in [0.05, 0.1) is 12.0 Å². The molecule has 1 heterocycles. The van der Waals surface area contributed by atoms with Crippen molar-refractivity contribution in [2.24, 2.45) is 34.5 Å². The van der Waals surface area contributed by atoms with E-state index >= 15 is 0 Å². The SMILES string of the molecule is CC[C@H]1C=C2C[C@@H](O)CC[C@]2(C)[C@H]2CC[C@]3(C)C(N4C=CSC4)=CC[C@H]3[C@H]12. The summed E-state index contributed by atoms with van der Waals surface area (Å²) in [6.45, 7) is 7.50. The summed E-state index contributed by atoms with van der Waals surface area (Å²) in [5.41, 5.74) is 3.90. The van der Waals surface area contributed by atoms with Gasteiger partial charge in [0.25, 0.3) is 0 Å². The van der Waals surface area contributed by atoms with Crippen molar-refractivity contribution in [2.45, 2.75) is 71.8 Å². The second-order valence-corrected chi connectivity index (χ2v) is 11.1. The third kappa shape index (κ3) is 2.56. The Balaban J connectivity index is 1.51. The van der Waals surface area contributed by atoms with Gasteiger partial charge in [-0.3, -0.25) is 0 Å². The molecular formula is C24H35NOS. The molecule has 1 N–H and O–H groups in total. The predicted molar refractivity (Wildman–Crippen MR) is 114 cm³/mol. The highest BCUT2D eigenvalue weighted by Crippen LogP contribution is 2.66. The highest BCUT2D eigenvalue weighted by molar-refractivity contribution is 8.02. The van der Waals surface area contributed by atoms with Crippen LogP contribution in [0.2, 0.25) is 0 Å². The van der Waals surface area contributed by atoms with Crippen LogP contribution in [0.4, 0.5) is 0 Å². The van der Waals surface area contributed by atoms with Gasteiger partial charge in [-0.05, 0) is 79.4 Å². The van der Waals surface area contributed by atoms with Crippen LogP contribution in [0.15, 0.2) is 35.0 Å². The van der Waals surface area contributed by atoms with E-state index in [1.54, 1.807) is 11.3 Å². The second-order valence-electron chi connectivity index (χ2n) is 10.2. The van der Waals surface area contributed by atoms with Gasteiger partial charge in [0.2, 0.25) is 0 Å². The Hall–Kier alpha value is -0.670. The first-order valence-corrected chi connectivity index (χ1v) is 12.2. The van der Waals surface area contributed by atoms with Crippen LogP contribution in [0.3, 0.4) is 0 Å². The zero-order valence-electron chi connectivity index (χ0n) is 17.2. The number of hydrogen-bond donors (Lipinski definition) is 1. The molecule has 0 spiro atoms. The van der Waals surface area contributed by atoms with Crippen LogP contribution < -0.4 is 0 Å². The smallest absolute Gasteiger partial charge is 0.0720 e. The third-order valence-corrected chi connectivity index (χ3v) is 9.86. The maximum absolute atomic E-state index is 10.3. The van der Waals surface area contributed by atoms with Crippen LogP contribution in [0, 0.1) is 34.5 Å². The molecule has 4 aliphatic carbocycles. The first-order chi connectivity index (χ1) is 13.0. The monoisotopic (exact) mass is 385 g/mol. The molecule has 3 heteroatoms. The predicted octanol–water partition coefficient (Wildman–Crippen LogP) is 5.92. The van der Waals surface area contributed by atoms with Crippen molar-refractivity contribution < 1.29 is 5.11 Å². The van der Waals surface area contributed by atoms with Gasteiger partial charge in [0, 0.05) is 17.3 Å². The van der Waals surface area contributed by atoms with Gasteiger partial charge in [-0.25, -0.2) is 0 Å². The maximum Gasteiger partial charge on any atom is 0.0720 e. The van der Waals surface area contributed by atoms with E-state index in [1.165, 1.54) is 32.1 Å². The fourth-order valence-corrected chi connectivity index (χ4v) is 8.33. The van der Waals surface area contributed by atoms with Gasteiger partial charge >= 0.3 is 0 Å². The van der Waals surface area contributed by atoms with E-state index in [-0.39, 0.29) is 6.10 Å². The van der Waals surface area contributed by atoms with Crippen LogP contribution in [0.1, 0.15) is 65.7 Å². The number of thioether (sulfide) groups is 1. The molecule has 0 aromatic rings. The lowest BCUT2D eigenvalue weighted by atomic mass is 9.45. The number of rotatable bonds is 2. The van der Waals surface area contributed by atoms with Crippen molar-refractivity contribution in [3.63, 3.8) is 0 Å². The summed E-state index contributed by atoms with van der Waals surface area (Å²) < 4.78 is 0. The molecule has 1 aliphatic heterocycles. The normalized spacial score (nSPS) is 48.6. The van der Waals surface area contributed by atoms with Crippen molar-refractivity contribution in [1.29, 1.82) is 0 Å². The van der Waals surface area contributed by atoms with Crippen LogP contribution in [-0.4, -0.2) is 22.0 Å². The number of fused-ring (bicyclic) bond motifs is 5. The lowest BCUT2D eigenvalue weighted by molar-refractivity contribution is -0.0557. The molecule has 2 nitrogen and oxygen atoms in total. The fraction of sp³-hybridized carbons (Fsp3) is 0.750. The average Bonchev–Trinajstić information content (AvgIpc) is 3.28. The van der Waals surface area contributed by atoms with Crippen molar-refractivity contribution in [1.82, 2.24) is 4.90 Å². The zero-order chi connectivity index (χ0) is 18.8. The van der Waals surface area contributed by atoms with Crippen molar-refractivity contribution in [2.75, 3.05) is 5.88 Å². The molecule has 0 aromatic carbocycles. The van der Waals surface area contributed by atoms with Crippen LogP contribution in [-0.2, 0) is 0 Å². The lowest BCUT2D eigenvalue weighted by Gasteiger charge is -2.60. The lowest BCUT2D eigenvalue weighted by Crippen LogP contribution is -2.53. The van der Waals surface area contributed by atoms with Crippen LogP contribution in [0.25, 0.3) is 0 Å². The van der Waals surface area contributed by atoms with Crippen molar-refractivity contribution in [3.05, 3.63) is 35.0 Å². The van der Waals surface area contributed by atoms with E-state index in [0.717, 1.165) is 36.5 Å². The van der Waals surface area contributed by atoms with Crippen molar-refractivity contribution >= 4 is 11.8 Å². The Bertz CT molecular complexity index is 711. The molecule has 0 radical (unpaired) electrons. The number of allylic oxidation sites excluding steroid dienone is 3. The second kappa shape index (κ2) is 6.42. The summed E-state index contributed by atoms with van der Waals surface area (Å²) in [6.07, 6.45) is 15.7. The minimum atomic E-state index is -0.105. The summed E-state index contributed by atoms with van der Waals surface area (Å²) in [5.74, 6) is 4.20. The minimum Gasteiger partial charge on any atom is -0.393 e. The number of aliphatic hydroxyl groups excluding tert-OH is 1. The molecule has 0 bridgehead atoms. The molecule has 0 unspecified atom stereocenters. The molecule has 0 aromatic heterocycles. The summed E-state index contributed by atoms with van der Waals surface area (Å²) in [6, 6.07) is 0. The molecule has 5 aliphatic rings. The van der Waals surface area contributed by atoms with Gasteiger partial charge in [-0.15, -0.1) is 11.8 Å². The minimum absolute atomic E-state index is 0.105. The number of aliphatic hydroxyl groups is 1. The van der Waals surface area contributed by atoms with E-state index in [0.29, 0.717) is 16.7 Å². The van der Waals surface area contributed by atoms with Gasteiger partial charge in [-0.1, -0.05) is 38.5 Å². The fourth-order valence-electron chi connectivity index (χ4n) is 7.62. The highest BCUT2D eigenvalue weighted by Gasteiger charge is 2.59. The summed E-state index contributed by atoms with van der Waals surface area (Å²) >= 11 is 1.92. The Labute approximate surface area is 169 Å². The van der Waals surface area contributed by atoms with E-state index in [9.17, 15) is 5.11 Å². The maximum atomic E-state index is 10.3. The zero-order valence-corrected chi connectivity index (χ0v) is 18.0. The first kappa shape index (κ1) is 18.4. The van der Waals surface area contributed by atoms with Gasteiger partial charge in [-0.2, -0.15) is 0 Å². The molecule has 0 amide bonds. The van der Waals surface area contributed by atoms with Crippen molar-refractivity contribution in [3.8, 4) is 0 Å². The van der Waals surface area contributed by atoms with E-state index in [4.69, 9.17) is 0 Å². The number of nitrogens with zero attached hydrogens (tertiary/aromatic N) is 1. The standard InChI is InChI=1S/C24H35NOS/c1-4-16-13-17-14-18(26)7-9-23(17,2)20-8-10-24(3)19(22(16)20)5-6-21(24)25-11-12-27-15-25/h6,11-13,16,18-20,22,26H,4-5,7-10,14-15H2,1-3H3/t16-,18-,19-,20-,22-,23-,24-/m0/s1. The Morgan fingerprint density at radius 1 is 1.19 bits per heavy atom. The van der Waals surface area contributed by atoms with Gasteiger partial charge < -0.3 is 10.0 Å². The van der Waals surface area contributed by atoms with E-state index in [1.807, 2.05) is 11.8 Å².